The Morgan fingerprint density at radius 3 is 3.00 bits per heavy atom. The van der Waals surface area contributed by atoms with Gasteiger partial charge in [-0.25, -0.2) is 4.39 Å². The van der Waals surface area contributed by atoms with E-state index >= 15 is 0 Å². The van der Waals surface area contributed by atoms with Crippen molar-refractivity contribution in [3.8, 4) is 0 Å². The Labute approximate surface area is 97.9 Å². The highest BCUT2D eigenvalue weighted by atomic mass is 32.1. The first-order chi connectivity index (χ1) is 7.66. The summed E-state index contributed by atoms with van der Waals surface area (Å²) in [5.74, 6) is -0.236. The molecule has 1 heterocycles. The zero-order chi connectivity index (χ0) is 11.5. The molecule has 1 atom stereocenters. The normalized spacial score (nSPS) is 12.7. The molecule has 2 N–H and O–H groups in total. The van der Waals surface area contributed by atoms with Crippen molar-refractivity contribution in [2.24, 2.45) is 5.73 Å². The van der Waals surface area contributed by atoms with Crippen LogP contribution in [-0.2, 0) is 6.42 Å². The molecule has 0 aliphatic heterocycles. The van der Waals surface area contributed by atoms with Gasteiger partial charge < -0.3 is 5.73 Å². The summed E-state index contributed by atoms with van der Waals surface area (Å²) in [5.41, 5.74) is 9.74. The second-order valence-corrected chi connectivity index (χ2v) is 4.75. The van der Waals surface area contributed by atoms with Crippen LogP contribution in [-0.4, -0.2) is 4.98 Å². The fourth-order valence-corrected chi connectivity index (χ4v) is 2.34. The van der Waals surface area contributed by atoms with Gasteiger partial charge >= 0.3 is 0 Å². The highest BCUT2D eigenvalue weighted by Gasteiger charge is 2.11. The van der Waals surface area contributed by atoms with Gasteiger partial charge in [0.2, 0.25) is 0 Å². The molecule has 0 saturated heterocycles. The number of halogens is 1. The summed E-state index contributed by atoms with van der Waals surface area (Å²) >= 11 is 1.57. The van der Waals surface area contributed by atoms with Crippen LogP contribution in [0.15, 0.2) is 29.9 Å². The minimum absolute atomic E-state index is 0.170. The third-order valence-corrected chi connectivity index (χ3v) is 3.35. The number of rotatable bonds is 3. The van der Waals surface area contributed by atoms with Gasteiger partial charge in [0.1, 0.15) is 5.82 Å². The minimum atomic E-state index is -0.236. The van der Waals surface area contributed by atoms with E-state index in [1.807, 2.05) is 6.92 Å². The fourth-order valence-electron chi connectivity index (χ4n) is 1.68. The molecule has 0 fully saturated rings. The smallest absolute Gasteiger partial charge is 0.123 e. The Kier molecular flexibility index (Phi) is 3.31. The van der Waals surface area contributed by atoms with E-state index in [9.17, 15) is 4.39 Å². The molecule has 4 heteroatoms. The standard InChI is InChI=1S/C12H13FN2S/c1-8-2-3-9(13)4-11(8)12(14)5-10-6-15-7-16-10/h2-4,6-7,12H,5,14H2,1H3. The van der Waals surface area contributed by atoms with Crippen molar-refractivity contribution in [3.05, 3.63) is 51.7 Å². The highest BCUT2D eigenvalue weighted by Crippen LogP contribution is 2.22. The summed E-state index contributed by atoms with van der Waals surface area (Å²) in [4.78, 5) is 5.12. The number of nitrogens with two attached hydrogens (primary N) is 1. The van der Waals surface area contributed by atoms with Crippen molar-refractivity contribution >= 4 is 11.3 Å². The number of benzene rings is 1. The van der Waals surface area contributed by atoms with Crippen LogP contribution in [0.25, 0.3) is 0 Å². The number of aromatic nitrogens is 1. The second-order valence-electron chi connectivity index (χ2n) is 3.78. The summed E-state index contributed by atoms with van der Waals surface area (Å²) < 4.78 is 13.1. The van der Waals surface area contributed by atoms with Crippen molar-refractivity contribution in [2.45, 2.75) is 19.4 Å². The topological polar surface area (TPSA) is 38.9 Å². The molecular weight excluding hydrogens is 223 g/mol. The maximum absolute atomic E-state index is 13.1. The molecule has 1 aromatic heterocycles. The Hall–Kier alpha value is -1.26. The number of nitrogens with zero attached hydrogens (tertiary/aromatic N) is 1. The summed E-state index contributed by atoms with van der Waals surface area (Å²) in [6.07, 6.45) is 2.51. The third-order valence-electron chi connectivity index (χ3n) is 2.55. The van der Waals surface area contributed by atoms with Crippen molar-refractivity contribution in [2.75, 3.05) is 0 Å². The number of aryl methyl sites for hydroxylation is 1. The molecule has 0 aliphatic carbocycles. The average molecular weight is 236 g/mol. The summed E-state index contributed by atoms with van der Waals surface area (Å²) in [6, 6.07) is 4.56. The van der Waals surface area contributed by atoms with Gasteiger partial charge in [-0.1, -0.05) is 6.07 Å². The van der Waals surface area contributed by atoms with Gasteiger partial charge in [-0.3, -0.25) is 4.98 Å². The predicted molar refractivity (Wildman–Crippen MR) is 63.9 cm³/mol. The van der Waals surface area contributed by atoms with Crippen LogP contribution >= 0.6 is 11.3 Å². The molecule has 1 unspecified atom stereocenters. The summed E-state index contributed by atoms with van der Waals surface area (Å²) in [6.45, 7) is 1.95. The van der Waals surface area contributed by atoms with Crippen LogP contribution in [0.3, 0.4) is 0 Å². The maximum Gasteiger partial charge on any atom is 0.123 e. The molecule has 0 amide bonds. The van der Waals surface area contributed by atoms with Crippen LogP contribution in [0.4, 0.5) is 4.39 Å². The first kappa shape index (κ1) is 11.2. The van der Waals surface area contributed by atoms with Crippen molar-refractivity contribution < 1.29 is 4.39 Å². The summed E-state index contributed by atoms with van der Waals surface area (Å²) in [5, 5.41) is 0. The second kappa shape index (κ2) is 4.72. The van der Waals surface area contributed by atoms with E-state index < -0.39 is 0 Å². The van der Waals surface area contributed by atoms with E-state index in [0.29, 0.717) is 6.42 Å². The monoisotopic (exact) mass is 236 g/mol. The van der Waals surface area contributed by atoms with Crippen LogP contribution in [0, 0.1) is 12.7 Å². The van der Waals surface area contributed by atoms with Gasteiger partial charge in [-0.2, -0.15) is 0 Å². The zero-order valence-electron chi connectivity index (χ0n) is 8.98. The molecule has 16 heavy (non-hydrogen) atoms. The SMILES string of the molecule is Cc1ccc(F)cc1C(N)Cc1cncs1. The molecule has 2 nitrogen and oxygen atoms in total. The number of thiazole rings is 1. The molecule has 0 aliphatic rings. The Balaban J connectivity index is 2.20. The number of hydrogen-bond donors (Lipinski definition) is 1. The Morgan fingerprint density at radius 1 is 1.50 bits per heavy atom. The largest absolute Gasteiger partial charge is 0.324 e. The van der Waals surface area contributed by atoms with Gasteiger partial charge in [0.15, 0.2) is 0 Å². The van der Waals surface area contributed by atoms with Crippen LogP contribution < -0.4 is 5.73 Å². The first-order valence-corrected chi connectivity index (χ1v) is 5.94. The lowest BCUT2D eigenvalue weighted by Crippen LogP contribution is -2.14. The third kappa shape index (κ3) is 2.46. The predicted octanol–water partition coefficient (Wildman–Crippen LogP) is 2.83. The zero-order valence-corrected chi connectivity index (χ0v) is 9.80. The maximum atomic E-state index is 13.1. The van der Waals surface area contributed by atoms with Gasteiger partial charge in [0.05, 0.1) is 5.51 Å². The van der Waals surface area contributed by atoms with E-state index in [1.54, 1.807) is 29.1 Å². The van der Waals surface area contributed by atoms with Crippen molar-refractivity contribution in [1.82, 2.24) is 4.98 Å². The molecule has 0 spiro atoms. The summed E-state index contributed by atoms with van der Waals surface area (Å²) in [7, 11) is 0. The Bertz CT molecular complexity index is 468. The molecule has 0 saturated carbocycles. The molecule has 1 aromatic carbocycles. The van der Waals surface area contributed by atoms with Gasteiger partial charge in [-0.15, -0.1) is 11.3 Å². The van der Waals surface area contributed by atoms with E-state index in [1.165, 1.54) is 12.1 Å². The molecular formula is C12H13FN2S. The molecule has 2 rings (SSSR count). The van der Waals surface area contributed by atoms with E-state index in [-0.39, 0.29) is 11.9 Å². The highest BCUT2D eigenvalue weighted by molar-refractivity contribution is 7.09. The van der Waals surface area contributed by atoms with Crippen LogP contribution in [0.1, 0.15) is 22.0 Å². The lowest BCUT2D eigenvalue weighted by atomic mass is 9.99. The molecule has 0 radical (unpaired) electrons. The van der Waals surface area contributed by atoms with Crippen molar-refractivity contribution in [3.63, 3.8) is 0 Å². The van der Waals surface area contributed by atoms with Gasteiger partial charge in [0, 0.05) is 23.5 Å². The Morgan fingerprint density at radius 2 is 2.31 bits per heavy atom. The van der Waals surface area contributed by atoms with Gasteiger partial charge in [0.25, 0.3) is 0 Å². The van der Waals surface area contributed by atoms with E-state index in [0.717, 1.165) is 16.0 Å². The number of hydrogen-bond acceptors (Lipinski definition) is 3. The lowest BCUT2D eigenvalue weighted by Gasteiger charge is -2.13. The van der Waals surface area contributed by atoms with Gasteiger partial charge in [-0.05, 0) is 30.2 Å². The van der Waals surface area contributed by atoms with E-state index in [4.69, 9.17) is 5.73 Å². The minimum Gasteiger partial charge on any atom is -0.324 e. The molecule has 2 aromatic rings. The first-order valence-electron chi connectivity index (χ1n) is 5.06. The van der Waals surface area contributed by atoms with Crippen LogP contribution in [0.2, 0.25) is 0 Å². The fraction of sp³-hybridized carbons (Fsp3) is 0.250. The quantitative estimate of drug-likeness (QED) is 0.890. The van der Waals surface area contributed by atoms with Crippen LogP contribution in [0.5, 0.6) is 0 Å². The molecule has 84 valence electrons. The average Bonchev–Trinajstić information content (AvgIpc) is 2.74. The van der Waals surface area contributed by atoms with Crippen molar-refractivity contribution in [1.29, 1.82) is 0 Å². The lowest BCUT2D eigenvalue weighted by molar-refractivity contribution is 0.617. The molecule has 0 bridgehead atoms. The van der Waals surface area contributed by atoms with E-state index in [2.05, 4.69) is 4.98 Å².